The Morgan fingerprint density at radius 3 is 2.91 bits per heavy atom. The van der Waals surface area contributed by atoms with Gasteiger partial charge in [-0.25, -0.2) is 0 Å². The van der Waals surface area contributed by atoms with Crippen molar-refractivity contribution in [3.8, 4) is 0 Å². The lowest BCUT2D eigenvalue weighted by Gasteiger charge is -2.14. The highest BCUT2D eigenvalue weighted by atomic mass is 35.5. The lowest BCUT2D eigenvalue weighted by molar-refractivity contribution is -0.111. The van der Waals surface area contributed by atoms with Crippen LogP contribution in [0.4, 0.5) is 5.69 Å². The molecule has 4 heteroatoms. The molecule has 0 saturated carbocycles. The summed E-state index contributed by atoms with van der Waals surface area (Å²) in [5, 5.41) is 3.37. The van der Waals surface area contributed by atoms with Gasteiger partial charge in [0.05, 0.1) is 5.71 Å². The number of allylic oxidation sites excluding steroid dienone is 1. The second-order valence-electron chi connectivity index (χ2n) is 5.01. The highest BCUT2D eigenvalue weighted by Crippen LogP contribution is 2.17. The number of fused-ring (bicyclic) bond motifs is 1. The standard InChI is InChI=1S/C18H15ClN2O/c19-14-5-3-6-15(12-14)21-18(22)9-8-17-16-7-2-1-4-13(16)10-11-20-17/h1-9,12H,10-11H2,(H,21,22). The molecule has 0 atom stereocenters. The summed E-state index contributed by atoms with van der Waals surface area (Å²) in [6, 6.07) is 15.2. The van der Waals surface area contributed by atoms with Crippen LogP contribution < -0.4 is 5.32 Å². The fourth-order valence-corrected chi connectivity index (χ4v) is 2.61. The number of benzene rings is 2. The van der Waals surface area contributed by atoms with Crippen molar-refractivity contribution in [1.29, 1.82) is 0 Å². The molecule has 0 spiro atoms. The number of halogens is 1. The molecule has 1 heterocycles. The van der Waals surface area contributed by atoms with E-state index in [-0.39, 0.29) is 5.91 Å². The Balaban J connectivity index is 1.72. The topological polar surface area (TPSA) is 41.5 Å². The quantitative estimate of drug-likeness (QED) is 0.859. The van der Waals surface area contributed by atoms with Gasteiger partial charge in [-0.2, -0.15) is 0 Å². The van der Waals surface area contributed by atoms with E-state index < -0.39 is 0 Å². The van der Waals surface area contributed by atoms with Crippen LogP contribution in [0.5, 0.6) is 0 Å². The van der Waals surface area contributed by atoms with Crippen LogP contribution in [0.3, 0.4) is 0 Å². The van der Waals surface area contributed by atoms with E-state index in [4.69, 9.17) is 11.6 Å². The normalized spacial score (nSPS) is 13.6. The summed E-state index contributed by atoms with van der Waals surface area (Å²) in [5.41, 5.74) is 3.89. The lowest BCUT2D eigenvalue weighted by Crippen LogP contribution is -2.12. The number of nitrogens with one attached hydrogen (secondary N) is 1. The number of carbonyl (C=O) groups excluding carboxylic acids is 1. The Labute approximate surface area is 134 Å². The van der Waals surface area contributed by atoms with Crippen LogP contribution in [0.1, 0.15) is 11.1 Å². The molecule has 1 amide bonds. The van der Waals surface area contributed by atoms with Gasteiger partial charge in [-0.15, -0.1) is 0 Å². The van der Waals surface area contributed by atoms with Crippen LogP contribution in [-0.4, -0.2) is 18.2 Å². The third-order valence-electron chi connectivity index (χ3n) is 3.44. The van der Waals surface area contributed by atoms with E-state index >= 15 is 0 Å². The highest BCUT2D eigenvalue weighted by Gasteiger charge is 2.11. The third-order valence-corrected chi connectivity index (χ3v) is 3.68. The Morgan fingerprint density at radius 1 is 1.18 bits per heavy atom. The predicted molar refractivity (Wildman–Crippen MR) is 90.8 cm³/mol. The molecule has 0 aliphatic carbocycles. The maximum Gasteiger partial charge on any atom is 0.248 e. The molecular weight excluding hydrogens is 296 g/mol. The number of nitrogens with zero attached hydrogens (tertiary/aromatic N) is 1. The van der Waals surface area contributed by atoms with Crippen LogP contribution in [0.2, 0.25) is 5.02 Å². The minimum Gasteiger partial charge on any atom is -0.322 e. The van der Waals surface area contributed by atoms with Gasteiger partial charge in [0.25, 0.3) is 0 Å². The fourth-order valence-electron chi connectivity index (χ4n) is 2.42. The largest absolute Gasteiger partial charge is 0.322 e. The van der Waals surface area contributed by atoms with E-state index in [2.05, 4.69) is 16.4 Å². The van der Waals surface area contributed by atoms with Gasteiger partial charge in [0, 0.05) is 28.9 Å². The zero-order chi connectivity index (χ0) is 15.4. The average Bonchev–Trinajstić information content (AvgIpc) is 2.53. The molecule has 0 unspecified atom stereocenters. The zero-order valence-corrected chi connectivity index (χ0v) is 12.7. The third kappa shape index (κ3) is 3.43. The van der Waals surface area contributed by atoms with Crippen molar-refractivity contribution < 1.29 is 4.79 Å². The molecule has 1 N–H and O–H groups in total. The van der Waals surface area contributed by atoms with Crippen LogP contribution in [0.25, 0.3) is 0 Å². The van der Waals surface area contributed by atoms with Crippen molar-refractivity contribution in [1.82, 2.24) is 0 Å². The second-order valence-corrected chi connectivity index (χ2v) is 5.44. The fraction of sp³-hybridized carbons (Fsp3) is 0.111. The van der Waals surface area contributed by atoms with E-state index in [0.29, 0.717) is 10.7 Å². The monoisotopic (exact) mass is 310 g/mol. The van der Waals surface area contributed by atoms with Gasteiger partial charge in [0.1, 0.15) is 0 Å². The van der Waals surface area contributed by atoms with Crippen molar-refractivity contribution in [3.63, 3.8) is 0 Å². The number of aliphatic imine (C=N–C) groups is 1. The molecule has 0 aromatic heterocycles. The summed E-state index contributed by atoms with van der Waals surface area (Å²) in [4.78, 5) is 16.5. The predicted octanol–water partition coefficient (Wildman–Crippen LogP) is 3.88. The van der Waals surface area contributed by atoms with E-state index in [1.165, 1.54) is 11.6 Å². The van der Waals surface area contributed by atoms with Crippen LogP contribution in [-0.2, 0) is 11.2 Å². The first-order valence-electron chi connectivity index (χ1n) is 7.10. The van der Waals surface area contributed by atoms with Crippen LogP contribution in [0, 0.1) is 0 Å². The second kappa shape index (κ2) is 6.58. The SMILES string of the molecule is O=C(C=CC1=NCCc2ccccc21)Nc1cccc(Cl)c1. The van der Waals surface area contributed by atoms with Gasteiger partial charge in [-0.1, -0.05) is 41.9 Å². The lowest BCUT2D eigenvalue weighted by atomic mass is 9.97. The molecule has 0 saturated heterocycles. The molecule has 110 valence electrons. The maximum absolute atomic E-state index is 12.0. The molecule has 0 radical (unpaired) electrons. The Bertz CT molecular complexity index is 765. The number of hydrogen-bond donors (Lipinski definition) is 1. The molecule has 2 aromatic carbocycles. The number of rotatable bonds is 3. The summed E-state index contributed by atoms with van der Waals surface area (Å²) in [6.07, 6.45) is 4.21. The number of amides is 1. The van der Waals surface area contributed by atoms with Gasteiger partial charge in [0.2, 0.25) is 5.91 Å². The summed E-state index contributed by atoms with van der Waals surface area (Å²) >= 11 is 5.89. The van der Waals surface area contributed by atoms with E-state index in [9.17, 15) is 4.79 Å². The molecule has 3 rings (SSSR count). The van der Waals surface area contributed by atoms with Crippen LogP contribution >= 0.6 is 11.6 Å². The van der Waals surface area contributed by atoms with Gasteiger partial charge in [-0.05, 0) is 36.3 Å². The molecule has 0 fully saturated rings. The van der Waals surface area contributed by atoms with Crippen molar-refractivity contribution in [2.75, 3.05) is 11.9 Å². The van der Waals surface area contributed by atoms with Crippen molar-refractivity contribution in [2.24, 2.45) is 4.99 Å². The van der Waals surface area contributed by atoms with E-state index in [0.717, 1.165) is 24.2 Å². The first-order valence-corrected chi connectivity index (χ1v) is 7.47. The molecule has 22 heavy (non-hydrogen) atoms. The minimum absolute atomic E-state index is 0.201. The smallest absolute Gasteiger partial charge is 0.248 e. The summed E-state index contributed by atoms with van der Waals surface area (Å²) in [5.74, 6) is -0.201. The molecule has 3 nitrogen and oxygen atoms in total. The zero-order valence-electron chi connectivity index (χ0n) is 11.9. The molecule has 2 aromatic rings. The molecule has 0 bridgehead atoms. The molecular formula is C18H15ClN2O. The van der Waals surface area contributed by atoms with Gasteiger partial charge >= 0.3 is 0 Å². The maximum atomic E-state index is 12.0. The van der Waals surface area contributed by atoms with Gasteiger partial charge in [0.15, 0.2) is 0 Å². The minimum atomic E-state index is -0.201. The summed E-state index contributed by atoms with van der Waals surface area (Å²) < 4.78 is 0. The first-order chi connectivity index (χ1) is 10.7. The van der Waals surface area contributed by atoms with E-state index in [1.54, 1.807) is 30.3 Å². The summed E-state index contributed by atoms with van der Waals surface area (Å²) in [7, 11) is 0. The number of hydrogen-bond acceptors (Lipinski definition) is 2. The average molecular weight is 311 g/mol. The van der Waals surface area contributed by atoms with Crippen molar-refractivity contribution in [2.45, 2.75) is 6.42 Å². The van der Waals surface area contributed by atoms with Crippen molar-refractivity contribution in [3.05, 3.63) is 76.8 Å². The highest BCUT2D eigenvalue weighted by molar-refractivity contribution is 6.31. The summed E-state index contributed by atoms with van der Waals surface area (Å²) in [6.45, 7) is 0.757. The Kier molecular flexibility index (Phi) is 4.35. The number of carbonyl (C=O) groups is 1. The Morgan fingerprint density at radius 2 is 2.05 bits per heavy atom. The van der Waals surface area contributed by atoms with Crippen LogP contribution in [0.15, 0.2) is 65.7 Å². The Hall–Kier alpha value is -2.39. The van der Waals surface area contributed by atoms with Crippen molar-refractivity contribution >= 4 is 28.9 Å². The first kappa shape index (κ1) is 14.5. The number of anilines is 1. The molecule has 1 aliphatic rings. The van der Waals surface area contributed by atoms with Gasteiger partial charge < -0.3 is 5.32 Å². The van der Waals surface area contributed by atoms with E-state index in [1.807, 2.05) is 18.2 Å². The molecule has 1 aliphatic heterocycles. The van der Waals surface area contributed by atoms with Gasteiger partial charge in [-0.3, -0.25) is 9.79 Å².